The fraction of sp³-hybridized carbons (Fsp3) is 0.846. The third kappa shape index (κ3) is 4.10. The molecule has 2 heterocycles. The van der Waals surface area contributed by atoms with Crippen LogP contribution in [0.5, 0.6) is 0 Å². The van der Waals surface area contributed by atoms with Gasteiger partial charge in [0.05, 0.1) is 0 Å². The zero-order chi connectivity index (χ0) is 16.7. The lowest BCUT2D eigenvalue weighted by atomic mass is 10.0. The number of carbonyl (C=O) groups is 2. The molecule has 0 saturated carbocycles. The molecule has 126 valence electrons. The van der Waals surface area contributed by atoms with Gasteiger partial charge >= 0.3 is 6.09 Å². The Kier molecular flexibility index (Phi) is 4.40. The highest BCUT2D eigenvalue weighted by molar-refractivity contribution is 7.89. The second-order valence-electron chi connectivity index (χ2n) is 6.97. The van der Waals surface area contributed by atoms with Crippen LogP contribution < -0.4 is 5.14 Å². The van der Waals surface area contributed by atoms with Crippen molar-refractivity contribution in [3.05, 3.63) is 0 Å². The summed E-state index contributed by atoms with van der Waals surface area (Å²) in [6.07, 6.45) is -0.416. The minimum Gasteiger partial charge on any atom is -0.444 e. The third-order valence-electron chi connectivity index (χ3n) is 3.73. The van der Waals surface area contributed by atoms with Crippen molar-refractivity contribution in [2.75, 3.05) is 26.2 Å². The van der Waals surface area contributed by atoms with Gasteiger partial charge in [-0.15, -0.1) is 0 Å². The van der Waals surface area contributed by atoms with Gasteiger partial charge in [-0.3, -0.25) is 4.79 Å². The van der Waals surface area contributed by atoms with Crippen LogP contribution in [0.1, 0.15) is 27.2 Å². The fourth-order valence-electron chi connectivity index (χ4n) is 2.61. The predicted octanol–water partition coefficient (Wildman–Crippen LogP) is -0.257. The number of amides is 2. The van der Waals surface area contributed by atoms with E-state index in [1.54, 1.807) is 25.7 Å². The van der Waals surface area contributed by atoms with Crippen molar-refractivity contribution >= 4 is 22.0 Å². The summed E-state index contributed by atoms with van der Waals surface area (Å²) in [5, 5.41) is 4.27. The first-order chi connectivity index (χ1) is 9.95. The van der Waals surface area contributed by atoms with Crippen molar-refractivity contribution in [2.45, 2.75) is 38.0 Å². The van der Waals surface area contributed by atoms with Crippen LogP contribution >= 0.6 is 0 Å². The standard InChI is InChI=1S/C13H23N3O5S/c1-13(2,3)21-12(18)16-6-9(7-16)5-15-8-10(4-11(15)17)22(14,19)20/h9-10H,4-8H2,1-3H3,(H2,14,19,20). The van der Waals surface area contributed by atoms with E-state index in [1.165, 1.54) is 4.90 Å². The molecule has 0 bridgehead atoms. The van der Waals surface area contributed by atoms with E-state index in [-0.39, 0.29) is 30.9 Å². The maximum absolute atomic E-state index is 11.8. The molecule has 2 aliphatic heterocycles. The Hall–Kier alpha value is -1.35. The molecule has 9 heteroatoms. The van der Waals surface area contributed by atoms with Crippen molar-refractivity contribution < 1.29 is 22.7 Å². The van der Waals surface area contributed by atoms with Crippen LogP contribution in [0.15, 0.2) is 0 Å². The Morgan fingerprint density at radius 1 is 1.32 bits per heavy atom. The van der Waals surface area contributed by atoms with Crippen LogP contribution in [0.4, 0.5) is 4.79 Å². The molecule has 1 unspecified atom stereocenters. The van der Waals surface area contributed by atoms with Gasteiger partial charge in [-0.25, -0.2) is 18.4 Å². The van der Waals surface area contributed by atoms with Gasteiger partial charge in [-0.2, -0.15) is 0 Å². The van der Waals surface area contributed by atoms with E-state index in [4.69, 9.17) is 9.88 Å². The van der Waals surface area contributed by atoms with Crippen LogP contribution in [-0.4, -0.2) is 67.2 Å². The van der Waals surface area contributed by atoms with Crippen molar-refractivity contribution in [1.29, 1.82) is 0 Å². The fourth-order valence-corrected chi connectivity index (χ4v) is 3.37. The highest BCUT2D eigenvalue weighted by Gasteiger charge is 2.40. The maximum atomic E-state index is 11.8. The van der Waals surface area contributed by atoms with Gasteiger partial charge in [0.2, 0.25) is 15.9 Å². The van der Waals surface area contributed by atoms with Gasteiger partial charge in [0.25, 0.3) is 0 Å². The highest BCUT2D eigenvalue weighted by Crippen LogP contribution is 2.23. The summed E-state index contributed by atoms with van der Waals surface area (Å²) in [6, 6.07) is 0. The zero-order valence-electron chi connectivity index (χ0n) is 13.1. The summed E-state index contributed by atoms with van der Waals surface area (Å²) in [4.78, 5) is 26.7. The van der Waals surface area contributed by atoms with Gasteiger partial charge in [0.1, 0.15) is 10.9 Å². The number of hydrogen-bond acceptors (Lipinski definition) is 5. The first kappa shape index (κ1) is 17.0. The third-order valence-corrected chi connectivity index (χ3v) is 4.98. The number of rotatable bonds is 3. The number of sulfonamides is 1. The van der Waals surface area contributed by atoms with E-state index in [0.29, 0.717) is 19.6 Å². The molecule has 0 spiro atoms. The molecule has 22 heavy (non-hydrogen) atoms. The van der Waals surface area contributed by atoms with E-state index in [2.05, 4.69) is 0 Å². The SMILES string of the molecule is CC(C)(C)OC(=O)N1CC(CN2CC(S(N)(=O)=O)CC2=O)C1. The maximum Gasteiger partial charge on any atom is 0.410 e. The van der Waals surface area contributed by atoms with Crippen LogP contribution in [0, 0.1) is 5.92 Å². The summed E-state index contributed by atoms with van der Waals surface area (Å²) in [7, 11) is -3.68. The number of nitrogens with zero attached hydrogens (tertiary/aromatic N) is 2. The van der Waals surface area contributed by atoms with E-state index in [9.17, 15) is 18.0 Å². The Labute approximate surface area is 130 Å². The van der Waals surface area contributed by atoms with E-state index in [0.717, 1.165) is 0 Å². The van der Waals surface area contributed by atoms with Gasteiger partial charge < -0.3 is 14.5 Å². The first-order valence-electron chi connectivity index (χ1n) is 7.23. The largest absolute Gasteiger partial charge is 0.444 e. The first-order valence-corrected chi connectivity index (χ1v) is 8.84. The molecule has 0 aliphatic carbocycles. The van der Waals surface area contributed by atoms with E-state index >= 15 is 0 Å². The second kappa shape index (κ2) is 5.69. The average Bonchev–Trinajstić information content (AvgIpc) is 2.61. The minimum atomic E-state index is -3.68. The number of nitrogens with two attached hydrogens (primary N) is 1. The van der Waals surface area contributed by atoms with Gasteiger partial charge in [-0.1, -0.05) is 0 Å². The summed E-state index contributed by atoms with van der Waals surface area (Å²) in [6.45, 7) is 7.03. The number of ether oxygens (including phenoxy) is 1. The molecule has 2 rings (SSSR count). The van der Waals surface area contributed by atoms with Crippen LogP contribution in [0.25, 0.3) is 0 Å². The molecular weight excluding hydrogens is 310 g/mol. The highest BCUT2D eigenvalue weighted by atomic mass is 32.2. The van der Waals surface area contributed by atoms with Gasteiger partial charge in [0, 0.05) is 38.5 Å². The lowest BCUT2D eigenvalue weighted by molar-refractivity contribution is -0.128. The van der Waals surface area contributed by atoms with Gasteiger partial charge in [0.15, 0.2) is 0 Å². The van der Waals surface area contributed by atoms with Gasteiger partial charge in [-0.05, 0) is 20.8 Å². The lowest BCUT2D eigenvalue weighted by Crippen LogP contribution is -2.55. The molecule has 8 nitrogen and oxygen atoms in total. The molecule has 2 N–H and O–H groups in total. The van der Waals surface area contributed by atoms with Crippen molar-refractivity contribution in [3.8, 4) is 0 Å². The molecule has 2 amide bonds. The molecule has 0 radical (unpaired) electrons. The number of likely N-dealkylation sites (tertiary alicyclic amines) is 2. The Balaban J connectivity index is 1.79. The molecule has 0 aromatic rings. The molecule has 0 aromatic heterocycles. The average molecular weight is 333 g/mol. The summed E-state index contributed by atoms with van der Waals surface area (Å²) < 4.78 is 27.8. The topological polar surface area (TPSA) is 110 Å². The van der Waals surface area contributed by atoms with Crippen molar-refractivity contribution in [3.63, 3.8) is 0 Å². The second-order valence-corrected chi connectivity index (χ2v) is 8.81. The molecule has 0 aromatic carbocycles. The Morgan fingerprint density at radius 3 is 2.36 bits per heavy atom. The van der Waals surface area contributed by atoms with E-state index < -0.39 is 20.9 Å². The molecular formula is C13H23N3O5S. The quantitative estimate of drug-likeness (QED) is 0.765. The molecule has 2 aliphatic rings. The summed E-state index contributed by atoms with van der Waals surface area (Å²) in [5.74, 6) is -0.0505. The Bertz CT molecular complexity index is 563. The van der Waals surface area contributed by atoms with Crippen LogP contribution in [-0.2, 0) is 19.6 Å². The molecule has 2 saturated heterocycles. The summed E-state index contributed by atoms with van der Waals surface area (Å²) >= 11 is 0. The lowest BCUT2D eigenvalue weighted by Gasteiger charge is -2.41. The number of carbonyl (C=O) groups excluding carboxylic acids is 2. The van der Waals surface area contributed by atoms with E-state index in [1.807, 2.05) is 0 Å². The van der Waals surface area contributed by atoms with Crippen molar-refractivity contribution in [2.24, 2.45) is 11.1 Å². The molecule has 2 fully saturated rings. The smallest absolute Gasteiger partial charge is 0.410 e. The number of hydrogen-bond donors (Lipinski definition) is 1. The number of primary sulfonamides is 1. The normalized spacial score (nSPS) is 23.6. The van der Waals surface area contributed by atoms with Crippen LogP contribution in [0.2, 0.25) is 0 Å². The molecule has 1 atom stereocenters. The zero-order valence-corrected chi connectivity index (χ0v) is 13.9. The predicted molar refractivity (Wildman–Crippen MR) is 79.4 cm³/mol. The van der Waals surface area contributed by atoms with Crippen molar-refractivity contribution in [1.82, 2.24) is 9.80 Å². The van der Waals surface area contributed by atoms with Crippen LogP contribution in [0.3, 0.4) is 0 Å². The Morgan fingerprint density at radius 2 is 1.91 bits per heavy atom. The monoisotopic (exact) mass is 333 g/mol. The summed E-state index contributed by atoms with van der Waals surface area (Å²) in [5.41, 5.74) is -0.532. The minimum absolute atomic E-state index is 0.0542.